The van der Waals surface area contributed by atoms with Crippen molar-refractivity contribution < 1.29 is 13.2 Å². The lowest BCUT2D eigenvalue weighted by Crippen LogP contribution is -2.40. The van der Waals surface area contributed by atoms with Crippen LogP contribution < -0.4 is 0 Å². The number of hydrogen-bond donors (Lipinski definition) is 1. The predicted octanol–water partition coefficient (Wildman–Crippen LogP) is 1.30. The highest BCUT2D eigenvalue weighted by molar-refractivity contribution is 7.90. The number of amides is 1. The van der Waals surface area contributed by atoms with E-state index in [1.807, 2.05) is 4.90 Å². The topological polar surface area (TPSA) is 96.0 Å². The summed E-state index contributed by atoms with van der Waals surface area (Å²) in [5.74, 6) is 0.182. The van der Waals surface area contributed by atoms with Gasteiger partial charge in [-0.1, -0.05) is 0 Å². The summed E-state index contributed by atoms with van der Waals surface area (Å²) < 4.78 is 23.6. The zero-order chi connectivity index (χ0) is 17.2. The lowest BCUT2D eigenvalue weighted by Gasteiger charge is -2.32. The molecule has 2 aromatic heterocycles. The van der Waals surface area contributed by atoms with Crippen molar-refractivity contribution in [3.63, 3.8) is 0 Å². The van der Waals surface area contributed by atoms with Gasteiger partial charge in [0, 0.05) is 31.7 Å². The molecular weight excluding hydrogens is 328 g/mol. The molecule has 0 saturated carbocycles. The number of carbonyl (C=O) groups is 1. The molecule has 1 aliphatic heterocycles. The first-order valence-electron chi connectivity index (χ1n) is 7.87. The molecule has 0 aliphatic carbocycles. The SMILES string of the molecule is CS(=O)(=O)c1cn[nH]c1CC1CCCN(C(=O)c2cccnc2)C1. The maximum Gasteiger partial charge on any atom is 0.255 e. The molecule has 0 bridgehead atoms. The number of sulfone groups is 1. The number of aromatic amines is 1. The van der Waals surface area contributed by atoms with Crippen LogP contribution in [0.5, 0.6) is 0 Å². The van der Waals surface area contributed by atoms with Crippen molar-refractivity contribution in [3.05, 3.63) is 42.0 Å². The van der Waals surface area contributed by atoms with Gasteiger partial charge in [0.1, 0.15) is 4.90 Å². The van der Waals surface area contributed by atoms with Crippen LogP contribution in [-0.2, 0) is 16.3 Å². The van der Waals surface area contributed by atoms with Crippen LogP contribution in [0.3, 0.4) is 0 Å². The van der Waals surface area contributed by atoms with Crippen molar-refractivity contribution in [3.8, 4) is 0 Å². The Morgan fingerprint density at radius 2 is 2.25 bits per heavy atom. The van der Waals surface area contributed by atoms with E-state index in [0.717, 1.165) is 12.8 Å². The molecule has 1 unspecified atom stereocenters. The second kappa shape index (κ2) is 6.72. The molecule has 1 N–H and O–H groups in total. The fourth-order valence-electron chi connectivity index (χ4n) is 3.14. The summed E-state index contributed by atoms with van der Waals surface area (Å²) in [5.41, 5.74) is 1.20. The molecule has 0 radical (unpaired) electrons. The molecule has 0 spiro atoms. The van der Waals surface area contributed by atoms with E-state index in [-0.39, 0.29) is 16.7 Å². The Morgan fingerprint density at radius 3 is 2.96 bits per heavy atom. The average molecular weight is 348 g/mol. The van der Waals surface area contributed by atoms with E-state index in [2.05, 4.69) is 15.2 Å². The van der Waals surface area contributed by atoms with E-state index in [0.29, 0.717) is 30.8 Å². The predicted molar refractivity (Wildman–Crippen MR) is 88.3 cm³/mol. The summed E-state index contributed by atoms with van der Waals surface area (Å²) in [6.45, 7) is 1.32. The summed E-state index contributed by atoms with van der Waals surface area (Å²) in [5, 5.41) is 6.66. The zero-order valence-corrected chi connectivity index (χ0v) is 14.3. The van der Waals surface area contributed by atoms with E-state index in [1.165, 1.54) is 12.5 Å². The number of pyridine rings is 1. The third-order valence-corrected chi connectivity index (χ3v) is 5.44. The molecule has 8 heteroatoms. The molecular formula is C16H20N4O3S. The molecule has 1 atom stereocenters. The fraction of sp³-hybridized carbons (Fsp3) is 0.438. The minimum atomic E-state index is -3.30. The van der Waals surface area contributed by atoms with Gasteiger partial charge in [-0.3, -0.25) is 14.9 Å². The molecule has 24 heavy (non-hydrogen) atoms. The normalized spacial score (nSPS) is 18.5. The Hall–Kier alpha value is -2.22. The van der Waals surface area contributed by atoms with Gasteiger partial charge in [-0.15, -0.1) is 0 Å². The van der Waals surface area contributed by atoms with E-state index in [9.17, 15) is 13.2 Å². The Bertz CT molecular complexity index is 817. The maximum absolute atomic E-state index is 12.5. The maximum atomic E-state index is 12.5. The van der Waals surface area contributed by atoms with Crippen LogP contribution in [0.4, 0.5) is 0 Å². The van der Waals surface area contributed by atoms with Crippen molar-refractivity contribution >= 4 is 15.7 Å². The number of piperidine rings is 1. The molecule has 3 rings (SSSR count). The smallest absolute Gasteiger partial charge is 0.255 e. The van der Waals surface area contributed by atoms with Crippen LogP contribution in [0.25, 0.3) is 0 Å². The van der Waals surface area contributed by atoms with Gasteiger partial charge in [0.15, 0.2) is 9.84 Å². The number of likely N-dealkylation sites (tertiary alicyclic amines) is 1. The number of hydrogen-bond acceptors (Lipinski definition) is 5. The van der Waals surface area contributed by atoms with Crippen molar-refractivity contribution in [2.24, 2.45) is 5.92 Å². The minimum Gasteiger partial charge on any atom is -0.338 e. The number of carbonyl (C=O) groups excluding carboxylic acids is 1. The lowest BCUT2D eigenvalue weighted by molar-refractivity contribution is 0.0672. The minimum absolute atomic E-state index is 0.0271. The standard InChI is InChI=1S/C16H20N4O3S/c1-24(22,23)15-10-18-19-14(15)8-12-4-3-7-20(11-12)16(21)13-5-2-6-17-9-13/h2,5-6,9-10,12H,3-4,7-8,11H2,1H3,(H,18,19). The Labute approximate surface area is 141 Å². The van der Waals surface area contributed by atoms with Crippen LogP contribution in [0.15, 0.2) is 35.6 Å². The van der Waals surface area contributed by atoms with Gasteiger partial charge in [-0.25, -0.2) is 8.42 Å². The molecule has 2 aromatic rings. The second-order valence-electron chi connectivity index (χ2n) is 6.19. The summed E-state index contributed by atoms with van der Waals surface area (Å²) in [6, 6.07) is 3.51. The molecule has 7 nitrogen and oxygen atoms in total. The molecule has 1 aliphatic rings. The van der Waals surface area contributed by atoms with E-state index >= 15 is 0 Å². The van der Waals surface area contributed by atoms with Gasteiger partial charge in [0.2, 0.25) is 0 Å². The number of nitrogens with zero attached hydrogens (tertiary/aromatic N) is 3. The molecule has 0 aromatic carbocycles. The number of nitrogens with one attached hydrogen (secondary N) is 1. The van der Waals surface area contributed by atoms with Gasteiger partial charge < -0.3 is 4.90 Å². The third kappa shape index (κ3) is 3.64. The van der Waals surface area contributed by atoms with E-state index in [1.54, 1.807) is 24.5 Å². The van der Waals surface area contributed by atoms with Crippen molar-refractivity contribution in [1.29, 1.82) is 0 Å². The van der Waals surface area contributed by atoms with Gasteiger partial charge >= 0.3 is 0 Å². The lowest BCUT2D eigenvalue weighted by atomic mass is 9.93. The highest BCUT2D eigenvalue weighted by atomic mass is 32.2. The van der Waals surface area contributed by atoms with Crippen molar-refractivity contribution in [2.75, 3.05) is 19.3 Å². The summed E-state index contributed by atoms with van der Waals surface area (Å²) in [4.78, 5) is 18.6. The number of rotatable bonds is 4. The van der Waals surface area contributed by atoms with Crippen LogP contribution in [-0.4, -0.2) is 53.8 Å². The van der Waals surface area contributed by atoms with E-state index < -0.39 is 9.84 Å². The summed E-state index contributed by atoms with van der Waals surface area (Å²) in [6.07, 6.45) is 8.17. The Balaban J connectivity index is 1.71. The van der Waals surface area contributed by atoms with Crippen molar-refractivity contribution in [1.82, 2.24) is 20.1 Å². The summed E-state index contributed by atoms with van der Waals surface area (Å²) in [7, 11) is -3.30. The van der Waals surface area contributed by atoms with Gasteiger partial charge in [-0.05, 0) is 37.3 Å². The van der Waals surface area contributed by atoms with Crippen LogP contribution in [0, 0.1) is 5.92 Å². The molecule has 1 amide bonds. The van der Waals surface area contributed by atoms with Crippen LogP contribution in [0.2, 0.25) is 0 Å². The third-order valence-electron chi connectivity index (χ3n) is 4.29. The quantitative estimate of drug-likeness (QED) is 0.898. The monoisotopic (exact) mass is 348 g/mol. The average Bonchev–Trinajstić information content (AvgIpc) is 3.04. The first-order valence-corrected chi connectivity index (χ1v) is 9.76. The van der Waals surface area contributed by atoms with Gasteiger partial charge in [0.25, 0.3) is 5.91 Å². The highest BCUT2D eigenvalue weighted by Crippen LogP contribution is 2.24. The Morgan fingerprint density at radius 1 is 1.42 bits per heavy atom. The first kappa shape index (κ1) is 16.6. The molecule has 3 heterocycles. The van der Waals surface area contributed by atoms with E-state index in [4.69, 9.17) is 0 Å². The zero-order valence-electron chi connectivity index (χ0n) is 13.5. The molecule has 128 valence electrons. The molecule has 1 fully saturated rings. The second-order valence-corrected chi connectivity index (χ2v) is 8.17. The summed E-state index contributed by atoms with van der Waals surface area (Å²) >= 11 is 0. The molecule has 1 saturated heterocycles. The first-order chi connectivity index (χ1) is 11.4. The highest BCUT2D eigenvalue weighted by Gasteiger charge is 2.27. The van der Waals surface area contributed by atoms with Crippen LogP contribution in [0.1, 0.15) is 28.9 Å². The van der Waals surface area contributed by atoms with Gasteiger partial charge in [0.05, 0.1) is 17.5 Å². The number of aromatic nitrogens is 3. The van der Waals surface area contributed by atoms with Crippen molar-refractivity contribution in [2.45, 2.75) is 24.2 Å². The fourth-order valence-corrected chi connectivity index (χ4v) is 3.96. The van der Waals surface area contributed by atoms with Gasteiger partial charge in [-0.2, -0.15) is 5.10 Å². The Kier molecular flexibility index (Phi) is 4.66. The largest absolute Gasteiger partial charge is 0.338 e. The van der Waals surface area contributed by atoms with Crippen LogP contribution >= 0.6 is 0 Å². The number of H-pyrrole nitrogens is 1.